The van der Waals surface area contributed by atoms with E-state index in [9.17, 15) is 0 Å². The Morgan fingerprint density at radius 3 is 2.42 bits per heavy atom. The Balaban J connectivity index is 2.25. The van der Waals surface area contributed by atoms with E-state index in [1.807, 2.05) is 0 Å². The number of hydrogen-bond donors (Lipinski definition) is 2. The van der Waals surface area contributed by atoms with Crippen LogP contribution in [0.2, 0.25) is 0 Å². The lowest BCUT2D eigenvalue weighted by atomic mass is 9.92. The maximum atomic E-state index is 5.77. The van der Waals surface area contributed by atoms with Crippen molar-refractivity contribution in [3.05, 3.63) is 12.3 Å². The molecule has 4 N–H and O–H groups in total. The van der Waals surface area contributed by atoms with E-state index in [1.165, 1.54) is 6.20 Å². The normalized spacial score (nSPS) is 31.8. The topological polar surface area (TPSA) is 64.4 Å². The first-order valence-corrected chi connectivity index (χ1v) is 4.48. The lowest BCUT2D eigenvalue weighted by Crippen LogP contribution is -2.28. The lowest BCUT2D eigenvalue weighted by Gasteiger charge is -2.22. The first kappa shape index (κ1) is 9.26. The number of nitrogens with two attached hydrogens (primary N) is 2. The fraction of sp³-hybridized carbons (Fsp3) is 0.667. The average molecular weight is 167 g/mol. The molecule has 0 aromatic rings. The summed E-state index contributed by atoms with van der Waals surface area (Å²) in [5, 5.41) is 0. The molecule has 68 valence electrons. The van der Waals surface area contributed by atoms with Crippen molar-refractivity contribution in [1.29, 1.82) is 0 Å². The second-order valence-electron chi connectivity index (χ2n) is 3.25. The highest BCUT2D eigenvalue weighted by molar-refractivity contribution is 5.70. The zero-order valence-corrected chi connectivity index (χ0v) is 7.32. The third-order valence-corrected chi connectivity index (χ3v) is 2.24. The lowest BCUT2D eigenvalue weighted by molar-refractivity contribution is 0.397. The first-order valence-electron chi connectivity index (χ1n) is 4.48. The summed E-state index contributed by atoms with van der Waals surface area (Å²) in [5.74, 6) is 0. The Morgan fingerprint density at radius 1 is 1.17 bits per heavy atom. The van der Waals surface area contributed by atoms with Crippen LogP contribution in [0.5, 0.6) is 0 Å². The van der Waals surface area contributed by atoms with Gasteiger partial charge in [-0.2, -0.15) is 0 Å². The molecule has 0 aliphatic heterocycles. The monoisotopic (exact) mass is 167 g/mol. The minimum absolute atomic E-state index is 0.404. The van der Waals surface area contributed by atoms with E-state index in [0.717, 1.165) is 25.7 Å². The molecule has 0 bridgehead atoms. The predicted octanol–water partition coefficient (Wildman–Crippen LogP) is 0.799. The summed E-state index contributed by atoms with van der Waals surface area (Å²) in [6.07, 6.45) is 9.49. The molecule has 3 nitrogen and oxygen atoms in total. The molecule has 3 heteroatoms. The van der Waals surface area contributed by atoms with Gasteiger partial charge < -0.3 is 11.5 Å². The molecule has 1 saturated carbocycles. The van der Waals surface area contributed by atoms with Gasteiger partial charge in [0.25, 0.3) is 0 Å². The molecule has 1 aliphatic carbocycles. The quantitative estimate of drug-likeness (QED) is 0.597. The van der Waals surface area contributed by atoms with E-state index in [0.29, 0.717) is 12.1 Å². The van der Waals surface area contributed by atoms with Crippen LogP contribution in [0, 0.1) is 0 Å². The summed E-state index contributed by atoms with van der Waals surface area (Å²) >= 11 is 0. The molecule has 0 radical (unpaired) electrons. The van der Waals surface area contributed by atoms with Gasteiger partial charge in [-0.15, -0.1) is 0 Å². The second kappa shape index (κ2) is 4.93. The van der Waals surface area contributed by atoms with Gasteiger partial charge in [-0.05, 0) is 38.0 Å². The van der Waals surface area contributed by atoms with E-state index in [1.54, 1.807) is 12.3 Å². The van der Waals surface area contributed by atoms with Gasteiger partial charge in [0.05, 0.1) is 6.04 Å². The van der Waals surface area contributed by atoms with Crippen molar-refractivity contribution in [2.24, 2.45) is 16.5 Å². The summed E-state index contributed by atoms with van der Waals surface area (Å²) in [7, 11) is 0. The molecule has 0 unspecified atom stereocenters. The Bertz CT molecular complexity index is 167. The van der Waals surface area contributed by atoms with E-state index in [4.69, 9.17) is 11.5 Å². The fourth-order valence-corrected chi connectivity index (χ4v) is 1.47. The van der Waals surface area contributed by atoms with Crippen LogP contribution in [0.15, 0.2) is 17.3 Å². The molecule has 1 fully saturated rings. The fourth-order valence-electron chi connectivity index (χ4n) is 1.47. The standard InChI is InChI=1S/C9H17N3/c10-6-1-7-12-9-4-2-8(11)3-5-9/h1,6-9H,2-5,10-11H2. The Kier molecular flexibility index (Phi) is 3.80. The van der Waals surface area contributed by atoms with Crippen LogP contribution in [0.25, 0.3) is 0 Å². The number of nitrogens with zero attached hydrogens (tertiary/aromatic N) is 1. The van der Waals surface area contributed by atoms with Crippen molar-refractivity contribution in [2.45, 2.75) is 37.8 Å². The van der Waals surface area contributed by atoms with Crippen LogP contribution < -0.4 is 11.5 Å². The molecule has 0 saturated heterocycles. The zero-order valence-electron chi connectivity index (χ0n) is 7.32. The van der Waals surface area contributed by atoms with Gasteiger partial charge in [-0.3, -0.25) is 4.99 Å². The maximum absolute atomic E-state index is 5.77. The third kappa shape index (κ3) is 3.05. The van der Waals surface area contributed by atoms with Gasteiger partial charge in [0, 0.05) is 12.3 Å². The van der Waals surface area contributed by atoms with Gasteiger partial charge in [0.15, 0.2) is 0 Å². The highest BCUT2D eigenvalue weighted by Gasteiger charge is 2.16. The Morgan fingerprint density at radius 2 is 1.83 bits per heavy atom. The molecule has 0 atom stereocenters. The van der Waals surface area contributed by atoms with Gasteiger partial charge >= 0.3 is 0 Å². The third-order valence-electron chi connectivity index (χ3n) is 2.24. The number of hydrogen-bond acceptors (Lipinski definition) is 3. The molecule has 0 aromatic carbocycles. The van der Waals surface area contributed by atoms with Gasteiger partial charge in [-0.25, -0.2) is 0 Å². The number of allylic oxidation sites excluding steroid dienone is 1. The van der Waals surface area contributed by atoms with E-state index in [-0.39, 0.29) is 0 Å². The highest BCUT2D eigenvalue weighted by Crippen LogP contribution is 2.19. The smallest absolute Gasteiger partial charge is 0.0500 e. The summed E-state index contributed by atoms with van der Waals surface area (Å²) in [4.78, 5) is 4.36. The van der Waals surface area contributed by atoms with Gasteiger partial charge in [0.2, 0.25) is 0 Å². The second-order valence-corrected chi connectivity index (χ2v) is 3.25. The van der Waals surface area contributed by atoms with Crippen molar-refractivity contribution < 1.29 is 0 Å². The first-order chi connectivity index (χ1) is 5.83. The van der Waals surface area contributed by atoms with Crippen LogP contribution >= 0.6 is 0 Å². The summed E-state index contributed by atoms with van der Waals surface area (Å²) in [6.45, 7) is 0. The molecular weight excluding hydrogens is 150 g/mol. The van der Waals surface area contributed by atoms with Crippen LogP contribution in [0.4, 0.5) is 0 Å². The van der Waals surface area contributed by atoms with Crippen LogP contribution in [0.3, 0.4) is 0 Å². The molecule has 1 aliphatic rings. The van der Waals surface area contributed by atoms with Crippen molar-refractivity contribution in [3.63, 3.8) is 0 Å². The summed E-state index contributed by atoms with van der Waals surface area (Å²) in [5.41, 5.74) is 10.9. The molecular formula is C9H17N3. The molecule has 0 amide bonds. The minimum Gasteiger partial charge on any atom is -0.405 e. The van der Waals surface area contributed by atoms with Gasteiger partial charge in [0.1, 0.15) is 0 Å². The molecule has 12 heavy (non-hydrogen) atoms. The minimum atomic E-state index is 0.404. The van der Waals surface area contributed by atoms with Crippen molar-refractivity contribution in [3.8, 4) is 0 Å². The van der Waals surface area contributed by atoms with E-state index >= 15 is 0 Å². The Hall–Kier alpha value is -0.830. The van der Waals surface area contributed by atoms with Crippen molar-refractivity contribution in [2.75, 3.05) is 0 Å². The van der Waals surface area contributed by atoms with Crippen molar-refractivity contribution in [1.82, 2.24) is 0 Å². The molecule has 0 spiro atoms. The van der Waals surface area contributed by atoms with Crippen molar-refractivity contribution >= 4 is 6.21 Å². The van der Waals surface area contributed by atoms with Crippen LogP contribution in [0.1, 0.15) is 25.7 Å². The van der Waals surface area contributed by atoms with Crippen LogP contribution in [-0.2, 0) is 0 Å². The zero-order chi connectivity index (χ0) is 8.81. The van der Waals surface area contributed by atoms with E-state index < -0.39 is 0 Å². The Labute approximate surface area is 73.5 Å². The van der Waals surface area contributed by atoms with E-state index in [2.05, 4.69) is 4.99 Å². The summed E-state index contributed by atoms with van der Waals surface area (Å²) in [6, 6.07) is 0.877. The van der Waals surface area contributed by atoms with Crippen LogP contribution in [-0.4, -0.2) is 18.3 Å². The maximum Gasteiger partial charge on any atom is 0.0500 e. The SMILES string of the molecule is NC=CC=NC1CCC(N)CC1. The summed E-state index contributed by atoms with van der Waals surface area (Å²) < 4.78 is 0. The predicted molar refractivity (Wildman–Crippen MR) is 52.1 cm³/mol. The number of rotatable bonds is 2. The average Bonchev–Trinajstić information content (AvgIpc) is 2.09. The molecule has 0 heterocycles. The highest BCUT2D eigenvalue weighted by atomic mass is 14.8. The molecule has 0 aromatic heterocycles. The van der Waals surface area contributed by atoms with Gasteiger partial charge in [-0.1, -0.05) is 0 Å². The largest absolute Gasteiger partial charge is 0.405 e. The molecule has 1 rings (SSSR count). The number of aliphatic imine (C=N–C) groups is 1.